The van der Waals surface area contributed by atoms with Crippen molar-refractivity contribution in [1.82, 2.24) is 0 Å². The Morgan fingerprint density at radius 2 is 0.667 bits per heavy atom. The first-order valence-corrected chi connectivity index (χ1v) is 23.4. The first kappa shape index (κ1) is 48.2. The van der Waals surface area contributed by atoms with E-state index in [-0.39, 0.29) is 23.8 Å². The van der Waals surface area contributed by atoms with Crippen LogP contribution in [0.4, 0.5) is 0 Å². The second kappa shape index (κ2) is 31.5. The van der Waals surface area contributed by atoms with Crippen LogP contribution in [0, 0.1) is 0 Å². The topological polar surface area (TPSA) is 57.2 Å². The van der Waals surface area contributed by atoms with Gasteiger partial charge in [-0.05, 0) is 66.0 Å². The Bertz CT molecular complexity index is 1220. The van der Waals surface area contributed by atoms with Crippen molar-refractivity contribution in [3.05, 3.63) is 41.0 Å². The number of fused-ring (bicyclic) bond motifs is 1. The fraction of sp³-hybridized carbons (Fsp3) is 0.783. The van der Waals surface area contributed by atoms with Gasteiger partial charge in [0.25, 0.3) is 0 Å². The molecule has 0 fully saturated rings. The van der Waals surface area contributed by atoms with E-state index < -0.39 is 10.1 Å². The Labute approximate surface area is 329 Å². The van der Waals surface area contributed by atoms with Crippen LogP contribution in [0.3, 0.4) is 0 Å². The number of hydrogen-bond donors (Lipinski definition) is 0. The molecule has 2 rings (SSSR count). The van der Waals surface area contributed by atoms with Crippen molar-refractivity contribution in [2.75, 3.05) is 0 Å². The van der Waals surface area contributed by atoms with Gasteiger partial charge in [-0.25, -0.2) is 8.42 Å². The van der Waals surface area contributed by atoms with Crippen LogP contribution in [0.1, 0.15) is 230 Å². The van der Waals surface area contributed by atoms with Gasteiger partial charge in [0.05, 0.1) is 4.90 Å². The summed E-state index contributed by atoms with van der Waals surface area (Å²) in [5.74, 6) is 0. The molecular formula is C46H79LiO3S. The van der Waals surface area contributed by atoms with Crippen molar-refractivity contribution in [3.63, 3.8) is 0 Å². The average molecular weight is 719 g/mol. The van der Waals surface area contributed by atoms with Crippen LogP contribution in [-0.2, 0) is 29.4 Å². The standard InChI is InChI=1S/C46H80O3S.Li/c1-4-7-10-13-16-19-22-25-28-31-36-41-42(37-32-29-26-23-20-17-14-11-8-5-2)44(39-33-30-27-24-21-18-15-12-9-6-3)46(50(47,48)49)45-40-35-34-38-43(41)45;/h34-35,38,40H,4-33,36-37,39H2,1-3H3,(H,47,48,49);/q;+1/p-1. The van der Waals surface area contributed by atoms with Gasteiger partial charge in [-0.1, -0.05) is 218 Å². The zero-order valence-corrected chi connectivity index (χ0v) is 35.1. The van der Waals surface area contributed by atoms with Crippen LogP contribution in [0.15, 0.2) is 29.2 Å². The minimum atomic E-state index is -4.61. The Morgan fingerprint density at radius 3 is 1.00 bits per heavy atom. The molecule has 288 valence electrons. The summed E-state index contributed by atoms with van der Waals surface area (Å²) in [6, 6.07) is 7.92. The predicted molar refractivity (Wildman–Crippen MR) is 219 cm³/mol. The van der Waals surface area contributed by atoms with E-state index >= 15 is 0 Å². The van der Waals surface area contributed by atoms with Gasteiger partial charge >= 0.3 is 18.9 Å². The molecular weight excluding hydrogens is 640 g/mol. The Morgan fingerprint density at radius 1 is 0.392 bits per heavy atom. The third kappa shape index (κ3) is 21.0. The summed E-state index contributed by atoms with van der Waals surface area (Å²) < 4.78 is 39.1. The van der Waals surface area contributed by atoms with Gasteiger partial charge < -0.3 is 4.55 Å². The first-order valence-electron chi connectivity index (χ1n) is 22.0. The van der Waals surface area contributed by atoms with Crippen molar-refractivity contribution < 1.29 is 31.8 Å². The number of benzene rings is 2. The number of hydrogen-bond acceptors (Lipinski definition) is 3. The molecule has 0 aromatic heterocycles. The molecule has 2 aromatic rings. The molecule has 0 saturated heterocycles. The molecule has 2 aromatic carbocycles. The third-order valence-corrected chi connectivity index (χ3v) is 12.1. The largest absolute Gasteiger partial charge is 1.00 e. The maximum Gasteiger partial charge on any atom is 1.00 e. The Balaban J connectivity index is 0.0000130. The maximum absolute atomic E-state index is 13.0. The summed E-state index contributed by atoms with van der Waals surface area (Å²) in [6.45, 7) is 6.82. The van der Waals surface area contributed by atoms with Crippen LogP contribution in [0.5, 0.6) is 0 Å². The molecule has 5 heteroatoms. The zero-order valence-electron chi connectivity index (χ0n) is 34.3. The van der Waals surface area contributed by atoms with Crippen molar-refractivity contribution in [1.29, 1.82) is 0 Å². The molecule has 0 heterocycles. The van der Waals surface area contributed by atoms with Crippen LogP contribution < -0.4 is 18.9 Å². The average Bonchev–Trinajstić information content (AvgIpc) is 3.10. The van der Waals surface area contributed by atoms with Crippen molar-refractivity contribution in [3.8, 4) is 0 Å². The minimum Gasteiger partial charge on any atom is -0.744 e. The second-order valence-electron chi connectivity index (χ2n) is 15.6. The van der Waals surface area contributed by atoms with E-state index in [4.69, 9.17) is 0 Å². The first-order chi connectivity index (χ1) is 24.5. The van der Waals surface area contributed by atoms with Gasteiger partial charge in [-0.15, -0.1) is 0 Å². The third-order valence-electron chi connectivity index (χ3n) is 11.1. The van der Waals surface area contributed by atoms with Gasteiger partial charge in [0.1, 0.15) is 10.1 Å². The molecule has 0 aliphatic carbocycles. The van der Waals surface area contributed by atoms with E-state index in [1.165, 1.54) is 178 Å². The molecule has 0 aliphatic rings. The summed E-state index contributed by atoms with van der Waals surface area (Å²) in [4.78, 5) is 0.0953. The predicted octanol–water partition coefficient (Wildman–Crippen LogP) is 12.1. The van der Waals surface area contributed by atoms with E-state index in [0.29, 0.717) is 11.8 Å². The van der Waals surface area contributed by atoms with Gasteiger partial charge in [0, 0.05) is 0 Å². The normalized spacial score (nSPS) is 11.8. The maximum atomic E-state index is 13.0. The number of aryl methyl sites for hydroxylation is 1. The molecule has 0 N–H and O–H groups in total. The second-order valence-corrected chi connectivity index (χ2v) is 16.9. The van der Waals surface area contributed by atoms with Gasteiger partial charge in [0.2, 0.25) is 0 Å². The SMILES string of the molecule is CCCCCCCCCCCCc1c(CCCCCCCCCCCC)c(S(=O)(=O)[O-])c2ccccc2c1CCCCCCCCCCCC.[Li+]. The van der Waals surface area contributed by atoms with Crippen molar-refractivity contribution in [2.45, 2.75) is 238 Å². The molecule has 0 radical (unpaired) electrons. The number of rotatable bonds is 34. The Hall–Kier alpha value is -0.793. The smallest absolute Gasteiger partial charge is 0.744 e. The molecule has 0 amide bonds. The summed E-state index contributed by atoms with van der Waals surface area (Å²) in [5.41, 5.74) is 3.42. The molecule has 0 unspecified atom stereocenters. The summed E-state index contributed by atoms with van der Waals surface area (Å²) >= 11 is 0. The molecule has 0 atom stereocenters. The number of unbranched alkanes of at least 4 members (excludes halogenated alkanes) is 27. The van der Waals surface area contributed by atoms with Gasteiger partial charge in [0.15, 0.2) is 0 Å². The van der Waals surface area contributed by atoms with E-state index in [9.17, 15) is 13.0 Å². The minimum absolute atomic E-state index is 0. The molecule has 0 bridgehead atoms. The molecule has 0 aliphatic heterocycles. The Kier molecular flexibility index (Phi) is 29.8. The summed E-state index contributed by atoms with van der Waals surface area (Å²) in [5, 5.41) is 1.67. The quantitative estimate of drug-likeness (QED) is 0.0411. The van der Waals surface area contributed by atoms with Crippen LogP contribution >= 0.6 is 0 Å². The zero-order chi connectivity index (χ0) is 36.1. The van der Waals surface area contributed by atoms with Crippen molar-refractivity contribution >= 4 is 20.9 Å². The van der Waals surface area contributed by atoms with E-state index in [1.54, 1.807) is 0 Å². The molecule has 3 nitrogen and oxygen atoms in total. The summed E-state index contributed by atoms with van der Waals surface area (Å²) in [7, 11) is -4.61. The summed E-state index contributed by atoms with van der Waals surface area (Å²) in [6.07, 6.45) is 41.0. The van der Waals surface area contributed by atoms with Gasteiger partial charge in [-0.2, -0.15) is 0 Å². The van der Waals surface area contributed by atoms with E-state index in [0.717, 1.165) is 49.5 Å². The van der Waals surface area contributed by atoms with E-state index in [1.807, 2.05) is 18.2 Å². The molecule has 51 heavy (non-hydrogen) atoms. The molecule has 0 spiro atoms. The fourth-order valence-electron chi connectivity index (χ4n) is 8.09. The van der Waals surface area contributed by atoms with Gasteiger partial charge in [-0.3, -0.25) is 0 Å². The monoisotopic (exact) mass is 719 g/mol. The van der Waals surface area contributed by atoms with Crippen LogP contribution in [-0.4, -0.2) is 13.0 Å². The van der Waals surface area contributed by atoms with Crippen LogP contribution in [0.2, 0.25) is 0 Å². The van der Waals surface area contributed by atoms with Crippen molar-refractivity contribution in [2.24, 2.45) is 0 Å². The molecule has 0 saturated carbocycles. The van der Waals surface area contributed by atoms with Crippen LogP contribution in [0.25, 0.3) is 10.8 Å². The fourth-order valence-corrected chi connectivity index (χ4v) is 9.07. The van der Waals surface area contributed by atoms with E-state index in [2.05, 4.69) is 26.8 Å².